The molecule has 3 aromatic carbocycles. The van der Waals surface area contributed by atoms with Crippen LogP contribution in [0.1, 0.15) is 22.7 Å². The third kappa shape index (κ3) is 3.74. The molecule has 0 spiro atoms. The Morgan fingerprint density at radius 1 is 1.00 bits per heavy atom. The number of benzene rings is 3. The summed E-state index contributed by atoms with van der Waals surface area (Å²) in [4.78, 5) is 27.8. The number of carbonyl (C=O) groups is 2. The number of rotatable bonds is 4. The van der Waals surface area contributed by atoms with E-state index in [1.54, 1.807) is 36.4 Å². The van der Waals surface area contributed by atoms with Crippen molar-refractivity contribution < 1.29 is 19.4 Å². The highest BCUT2D eigenvalue weighted by Gasteiger charge is 2.47. The monoisotopic (exact) mass is 467 g/mol. The van der Waals surface area contributed by atoms with E-state index in [4.69, 9.17) is 27.9 Å². The number of ether oxygens (including phenoxy) is 1. The summed E-state index contributed by atoms with van der Waals surface area (Å²) in [5.41, 5.74) is 2.29. The Morgan fingerprint density at radius 2 is 1.66 bits per heavy atom. The van der Waals surface area contributed by atoms with Crippen molar-refractivity contribution in [1.29, 1.82) is 0 Å². The first-order chi connectivity index (χ1) is 15.3. The van der Waals surface area contributed by atoms with Crippen molar-refractivity contribution in [3.8, 4) is 5.75 Å². The quantitative estimate of drug-likeness (QED) is 0.293. The van der Waals surface area contributed by atoms with Crippen LogP contribution in [0, 0.1) is 6.92 Å². The lowest BCUT2D eigenvalue weighted by Crippen LogP contribution is -2.29. The highest BCUT2D eigenvalue weighted by atomic mass is 35.5. The van der Waals surface area contributed by atoms with E-state index >= 15 is 0 Å². The van der Waals surface area contributed by atoms with Gasteiger partial charge in [0.1, 0.15) is 11.5 Å². The number of Topliss-reactive ketones (excluding diaryl/α,β-unsaturated/α-hetero) is 1. The maximum absolute atomic E-state index is 13.2. The zero-order valence-electron chi connectivity index (χ0n) is 17.3. The Morgan fingerprint density at radius 3 is 2.28 bits per heavy atom. The van der Waals surface area contributed by atoms with Crippen LogP contribution < -0.4 is 9.64 Å². The van der Waals surface area contributed by atoms with E-state index in [1.165, 1.54) is 24.1 Å². The number of anilines is 1. The predicted octanol–water partition coefficient (Wildman–Crippen LogP) is 5.94. The lowest BCUT2D eigenvalue weighted by molar-refractivity contribution is -0.132. The van der Waals surface area contributed by atoms with E-state index in [0.29, 0.717) is 11.3 Å². The molecule has 32 heavy (non-hydrogen) atoms. The van der Waals surface area contributed by atoms with E-state index < -0.39 is 23.5 Å². The van der Waals surface area contributed by atoms with Gasteiger partial charge in [0, 0.05) is 10.7 Å². The zero-order chi connectivity index (χ0) is 23.0. The summed E-state index contributed by atoms with van der Waals surface area (Å²) >= 11 is 12.4. The highest BCUT2D eigenvalue weighted by Crippen LogP contribution is 2.44. The van der Waals surface area contributed by atoms with Gasteiger partial charge in [0.25, 0.3) is 11.7 Å². The maximum atomic E-state index is 13.2. The molecule has 0 saturated carbocycles. The zero-order valence-corrected chi connectivity index (χ0v) is 18.8. The van der Waals surface area contributed by atoms with Crippen molar-refractivity contribution in [3.63, 3.8) is 0 Å². The van der Waals surface area contributed by atoms with Gasteiger partial charge < -0.3 is 9.84 Å². The molecule has 1 unspecified atom stereocenters. The van der Waals surface area contributed by atoms with E-state index in [-0.39, 0.29) is 26.9 Å². The summed E-state index contributed by atoms with van der Waals surface area (Å²) in [5, 5.41) is 11.7. The fourth-order valence-corrected chi connectivity index (χ4v) is 4.41. The first-order valence-electron chi connectivity index (χ1n) is 9.79. The number of methoxy groups -OCH3 is 1. The molecule has 0 aromatic heterocycles. The topological polar surface area (TPSA) is 66.8 Å². The number of halogens is 2. The second-order valence-corrected chi connectivity index (χ2v) is 8.23. The molecule has 162 valence electrons. The van der Waals surface area contributed by atoms with E-state index in [0.717, 1.165) is 5.56 Å². The molecule has 0 aliphatic carbocycles. The molecule has 1 amide bonds. The molecule has 1 N–H and O–H groups in total. The summed E-state index contributed by atoms with van der Waals surface area (Å²) in [6.07, 6.45) is 0. The minimum absolute atomic E-state index is 0.0709. The van der Waals surface area contributed by atoms with Gasteiger partial charge >= 0.3 is 0 Å². The van der Waals surface area contributed by atoms with Crippen molar-refractivity contribution in [2.45, 2.75) is 13.0 Å². The number of aliphatic hydroxyl groups excluding tert-OH is 1. The molecule has 7 heteroatoms. The number of aliphatic hydroxyl groups is 1. The molecular weight excluding hydrogens is 449 g/mol. The minimum atomic E-state index is -0.846. The van der Waals surface area contributed by atoms with E-state index in [1.807, 2.05) is 25.1 Å². The molecule has 0 bridgehead atoms. The molecule has 1 aliphatic rings. The third-order valence-corrected chi connectivity index (χ3v) is 5.84. The predicted molar refractivity (Wildman–Crippen MR) is 125 cm³/mol. The lowest BCUT2D eigenvalue weighted by Gasteiger charge is -2.25. The summed E-state index contributed by atoms with van der Waals surface area (Å²) in [6.45, 7) is 1.93. The van der Waals surface area contributed by atoms with Crippen LogP contribution in [0.5, 0.6) is 5.75 Å². The van der Waals surface area contributed by atoms with Crippen LogP contribution in [0.3, 0.4) is 0 Å². The number of hydrogen-bond acceptors (Lipinski definition) is 4. The van der Waals surface area contributed by atoms with Gasteiger partial charge in [0.05, 0.1) is 29.3 Å². The number of carbonyl (C=O) groups excluding carboxylic acids is 2. The summed E-state index contributed by atoms with van der Waals surface area (Å²) in [5.74, 6) is -1.80. The van der Waals surface area contributed by atoms with Crippen LogP contribution in [0.4, 0.5) is 5.69 Å². The summed E-state index contributed by atoms with van der Waals surface area (Å²) < 4.78 is 5.34. The summed E-state index contributed by atoms with van der Waals surface area (Å²) in [7, 11) is 1.39. The lowest BCUT2D eigenvalue weighted by atomic mass is 9.95. The van der Waals surface area contributed by atoms with Gasteiger partial charge in [-0.15, -0.1) is 0 Å². The molecule has 5 nitrogen and oxygen atoms in total. The largest absolute Gasteiger partial charge is 0.507 e. The van der Waals surface area contributed by atoms with Crippen LogP contribution in [-0.4, -0.2) is 23.9 Å². The second-order valence-electron chi connectivity index (χ2n) is 7.38. The molecule has 1 aliphatic heterocycles. The highest BCUT2D eigenvalue weighted by molar-refractivity contribution is 6.51. The molecule has 1 saturated heterocycles. The van der Waals surface area contributed by atoms with Crippen molar-refractivity contribution in [2.24, 2.45) is 0 Å². The Balaban J connectivity index is 1.99. The maximum Gasteiger partial charge on any atom is 0.300 e. The van der Waals surface area contributed by atoms with Gasteiger partial charge in [0.2, 0.25) is 0 Å². The van der Waals surface area contributed by atoms with Crippen molar-refractivity contribution in [1.82, 2.24) is 0 Å². The van der Waals surface area contributed by atoms with E-state index in [9.17, 15) is 14.7 Å². The number of amides is 1. The number of hydrogen-bond donors (Lipinski definition) is 1. The van der Waals surface area contributed by atoms with Crippen molar-refractivity contribution in [2.75, 3.05) is 12.0 Å². The van der Waals surface area contributed by atoms with Gasteiger partial charge in [-0.1, -0.05) is 71.2 Å². The number of aryl methyl sites for hydroxylation is 1. The molecular formula is C25H19Cl2NO4. The number of nitrogens with zero attached hydrogens (tertiary/aromatic N) is 1. The van der Waals surface area contributed by atoms with Crippen LogP contribution >= 0.6 is 23.2 Å². The number of ketones is 1. The Hall–Kier alpha value is -3.28. The molecule has 4 rings (SSSR count). The van der Waals surface area contributed by atoms with Crippen LogP contribution in [0.2, 0.25) is 10.0 Å². The standard InChI is InChI=1S/C25H19Cl2NO4/c1-14-8-10-17(11-9-14)28-21(15-6-4-3-5-7-15)20(23(30)25(28)31)22(29)18-12-16(26)13-19(27)24(18)32-2/h3-13,21,29H,1-2H3/b22-20+. The molecule has 1 atom stereocenters. The second kappa shape index (κ2) is 8.69. The minimum Gasteiger partial charge on any atom is -0.507 e. The smallest absolute Gasteiger partial charge is 0.300 e. The van der Waals surface area contributed by atoms with Crippen LogP contribution in [0.25, 0.3) is 5.76 Å². The normalized spacial score (nSPS) is 17.6. The van der Waals surface area contributed by atoms with Crippen molar-refractivity contribution in [3.05, 3.63) is 99.0 Å². The van der Waals surface area contributed by atoms with Gasteiger partial charge in [-0.3, -0.25) is 14.5 Å². The van der Waals surface area contributed by atoms with Crippen LogP contribution in [-0.2, 0) is 9.59 Å². The average molecular weight is 468 g/mol. The first-order valence-corrected chi connectivity index (χ1v) is 10.5. The Bertz CT molecular complexity index is 1240. The summed E-state index contributed by atoms with van der Waals surface area (Å²) in [6, 6.07) is 18.4. The third-order valence-electron chi connectivity index (χ3n) is 5.34. The van der Waals surface area contributed by atoms with Gasteiger partial charge in [0.15, 0.2) is 0 Å². The first kappa shape index (κ1) is 21.9. The SMILES string of the molecule is COc1c(Cl)cc(Cl)cc1/C(O)=C1\C(=O)C(=O)N(c2ccc(C)cc2)C1c1ccccc1. The molecule has 3 aromatic rings. The fraction of sp³-hybridized carbons (Fsp3) is 0.120. The van der Waals surface area contributed by atoms with Crippen LogP contribution in [0.15, 0.2) is 72.3 Å². The van der Waals surface area contributed by atoms with Gasteiger partial charge in [-0.25, -0.2) is 0 Å². The molecule has 1 heterocycles. The fourth-order valence-electron chi connectivity index (χ4n) is 3.84. The van der Waals surface area contributed by atoms with Gasteiger partial charge in [-0.2, -0.15) is 0 Å². The van der Waals surface area contributed by atoms with Gasteiger partial charge in [-0.05, 0) is 36.8 Å². The van der Waals surface area contributed by atoms with Crippen molar-refractivity contribution >= 4 is 46.3 Å². The van der Waals surface area contributed by atoms with E-state index in [2.05, 4.69) is 0 Å². The average Bonchev–Trinajstić information content (AvgIpc) is 3.04. The molecule has 0 radical (unpaired) electrons. The Labute approximate surface area is 195 Å². The molecule has 1 fully saturated rings. The Kier molecular flexibility index (Phi) is 5.96.